The molecule has 0 aliphatic rings. The Morgan fingerprint density at radius 2 is 0.676 bits per heavy atom. The maximum absolute atomic E-state index is 13.2. The molecule has 0 aliphatic heterocycles. The van der Waals surface area contributed by atoms with Crippen molar-refractivity contribution in [3.63, 3.8) is 0 Å². The molecule has 0 spiro atoms. The Bertz CT molecular complexity index is 2240. The number of benzene rings is 5. The average Bonchev–Trinajstić information content (AvgIpc) is 3.36. The SMILES string of the molecule is CCCCCCCCCCCCOc1ccc(OC(=O)c2ccc(NC(=O)c3cccc(C(=O)Oc4ccc(OC(=O)c5ccc(OCCCCCCCCCCCC)cc5)cc4)c3)cc2)cc1. The van der Waals surface area contributed by atoms with Crippen molar-refractivity contribution in [1.82, 2.24) is 0 Å². The normalized spacial score (nSPS) is 10.9. The van der Waals surface area contributed by atoms with Crippen molar-refractivity contribution in [2.45, 2.75) is 142 Å². The molecule has 5 aromatic rings. The lowest BCUT2D eigenvalue weighted by molar-refractivity contribution is 0.0719. The van der Waals surface area contributed by atoms with Gasteiger partial charge in [0.25, 0.3) is 5.91 Å². The summed E-state index contributed by atoms with van der Waals surface area (Å²) in [5.41, 5.74) is 1.53. The zero-order valence-electron chi connectivity index (χ0n) is 40.3. The largest absolute Gasteiger partial charge is 0.494 e. The highest BCUT2D eigenvalue weighted by Gasteiger charge is 2.15. The number of rotatable bonds is 32. The molecule has 5 aromatic carbocycles. The van der Waals surface area contributed by atoms with Gasteiger partial charge in [-0.05, 0) is 128 Å². The molecule has 0 aliphatic carbocycles. The Labute approximate surface area is 404 Å². The fourth-order valence-electron chi connectivity index (χ4n) is 7.60. The number of carbonyl (C=O) groups is 4. The van der Waals surface area contributed by atoms with E-state index in [1.807, 2.05) is 0 Å². The van der Waals surface area contributed by atoms with Gasteiger partial charge in [0.1, 0.15) is 28.7 Å². The average molecular weight is 926 g/mol. The fourth-order valence-corrected chi connectivity index (χ4v) is 7.60. The van der Waals surface area contributed by atoms with Crippen LogP contribution in [0.2, 0.25) is 0 Å². The number of ether oxygens (including phenoxy) is 5. The minimum Gasteiger partial charge on any atom is -0.494 e. The highest BCUT2D eigenvalue weighted by atomic mass is 16.5. The second kappa shape index (κ2) is 30.8. The van der Waals surface area contributed by atoms with Crippen molar-refractivity contribution < 1.29 is 42.9 Å². The summed E-state index contributed by atoms with van der Waals surface area (Å²) in [6.07, 6.45) is 25.3. The molecule has 10 nitrogen and oxygen atoms in total. The molecule has 68 heavy (non-hydrogen) atoms. The number of hydrogen-bond donors (Lipinski definition) is 1. The van der Waals surface area contributed by atoms with Crippen LogP contribution >= 0.6 is 0 Å². The second-order valence-corrected chi connectivity index (χ2v) is 17.3. The Morgan fingerprint density at radius 1 is 0.353 bits per heavy atom. The van der Waals surface area contributed by atoms with Gasteiger partial charge in [-0.25, -0.2) is 14.4 Å². The van der Waals surface area contributed by atoms with Crippen molar-refractivity contribution in [3.8, 4) is 28.7 Å². The lowest BCUT2D eigenvalue weighted by Crippen LogP contribution is -2.14. The van der Waals surface area contributed by atoms with Gasteiger partial charge in [0.15, 0.2) is 0 Å². The summed E-state index contributed by atoms with van der Waals surface area (Å²) in [5, 5.41) is 2.79. The molecule has 0 heterocycles. The van der Waals surface area contributed by atoms with Crippen molar-refractivity contribution in [3.05, 3.63) is 144 Å². The summed E-state index contributed by atoms with van der Waals surface area (Å²) in [7, 11) is 0. The predicted octanol–water partition coefficient (Wildman–Crippen LogP) is 15.2. The van der Waals surface area contributed by atoms with Gasteiger partial charge in [0.05, 0.1) is 29.9 Å². The minimum absolute atomic E-state index is 0.163. The zero-order chi connectivity index (χ0) is 48.0. The van der Waals surface area contributed by atoms with Gasteiger partial charge in [-0.2, -0.15) is 0 Å². The van der Waals surface area contributed by atoms with Gasteiger partial charge in [0.2, 0.25) is 0 Å². The standard InChI is InChI=1S/C58H71NO9/c1-3-5-7-9-11-13-15-17-19-21-42-64-50-32-28-46(29-33-50)57(62)67-53-38-40-54(41-39-53)68-58(63)48-25-23-24-47(44-48)55(60)59-49-30-26-45(27-31-49)56(61)66-52-36-34-51(35-37-52)65-43-22-20-18-16-14-12-10-8-6-4-2/h23-41,44H,3-22,42-43H2,1-2H3,(H,59,60). The first-order valence-electron chi connectivity index (χ1n) is 25.0. The van der Waals surface area contributed by atoms with Crippen LogP contribution in [-0.4, -0.2) is 37.0 Å². The first-order valence-corrected chi connectivity index (χ1v) is 25.0. The van der Waals surface area contributed by atoms with Crippen LogP contribution in [0.15, 0.2) is 121 Å². The van der Waals surface area contributed by atoms with Crippen LogP contribution in [0.5, 0.6) is 28.7 Å². The quantitative estimate of drug-likeness (QED) is 0.0255. The van der Waals surface area contributed by atoms with E-state index in [2.05, 4.69) is 19.2 Å². The molecule has 1 amide bonds. The number of amides is 1. The van der Waals surface area contributed by atoms with Gasteiger partial charge in [-0.3, -0.25) is 4.79 Å². The fraction of sp³-hybridized carbons (Fsp3) is 0.414. The molecule has 0 unspecified atom stereocenters. The summed E-state index contributed by atoms with van der Waals surface area (Å²) in [4.78, 5) is 51.9. The van der Waals surface area contributed by atoms with Crippen molar-refractivity contribution in [1.29, 1.82) is 0 Å². The third kappa shape index (κ3) is 19.8. The molecule has 5 rings (SSSR count). The molecule has 0 radical (unpaired) electrons. The minimum atomic E-state index is -0.672. The van der Waals surface area contributed by atoms with Crippen molar-refractivity contribution >= 4 is 29.5 Å². The van der Waals surface area contributed by atoms with E-state index in [4.69, 9.17) is 23.7 Å². The Morgan fingerprint density at radius 3 is 1.09 bits per heavy atom. The molecule has 0 saturated carbocycles. The molecular weight excluding hydrogens is 855 g/mol. The summed E-state index contributed by atoms with van der Waals surface area (Å²) in [6.45, 7) is 5.79. The Kier molecular flexibility index (Phi) is 23.8. The summed E-state index contributed by atoms with van der Waals surface area (Å²) >= 11 is 0. The number of esters is 3. The zero-order valence-corrected chi connectivity index (χ0v) is 40.3. The lowest BCUT2D eigenvalue weighted by Gasteiger charge is -2.10. The first-order chi connectivity index (χ1) is 33.3. The monoisotopic (exact) mass is 926 g/mol. The number of unbranched alkanes of at least 4 members (excludes halogenated alkanes) is 18. The Hall–Kier alpha value is -6.42. The third-order valence-electron chi connectivity index (χ3n) is 11.6. The van der Waals surface area contributed by atoms with Crippen LogP contribution in [-0.2, 0) is 0 Å². The topological polar surface area (TPSA) is 126 Å². The van der Waals surface area contributed by atoms with E-state index >= 15 is 0 Å². The molecule has 10 heteroatoms. The smallest absolute Gasteiger partial charge is 0.343 e. The van der Waals surface area contributed by atoms with Crippen LogP contribution in [0, 0.1) is 0 Å². The van der Waals surface area contributed by atoms with E-state index < -0.39 is 23.8 Å². The van der Waals surface area contributed by atoms with E-state index in [0.717, 1.165) is 31.4 Å². The maximum atomic E-state index is 13.2. The molecule has 0 atom stereocenters. The Balaban J connectivity index is 0.975. The van der Waals surface area contributed by atoms with E-state index in [1.165, 1.54) is 133 Å². The number of nitrogens with one attached hydrogen (secondary N) is 1. The van der Waals surface area contributed by atoms with E-state index in [-0.39, 0.29) is 22.6 Å². The van der Waals surface area contributed by atoms with Gasteiger partial charge in [0, 0.05) is 11.3 Å². The van der Waals surface area contributed by atoms with Crippen molar-refractivity contribution in [2.24, 2.45) is 0 Å². The van der Waals surface area contributed by atoms with Gasteiger partial charge < -0.3 is 29.0 Å². The number of hydrogen-bond acceptors (Lipinski definition) is 9. The van der Waals surface area contributed by atoms with Crippen LogP contribution in [0.3, 0.4) is 0 Å². The van der Waals surface area contributed by atoms with Crippen LogP contribution < -0.4 is 29.0 Å². The third-order valence-corrected chi connectivity index (χ3v) is 11.6. The molecule has 1 N–H and O–H groups in total. The number of carbonyl (C=O) groups excluding carboxylic acids is 4. The summed E-state index contributed by atoms with van der Waals surface area (Å²) < 4.78 is 28.4. The molecule has 0 fully saturated rings. The number of anilines is 1. The van der Waals surface area contributed by atoms with E-state index in [0.29, 0.717) is 41.5 Å². The van der Waals surface area contributed by atoms with Gasteiger partial charge >= 0.3 is 17.9 Å². The van der Waals surface area contributed by atoms with Crippen LogP contribution in [0.4, 0.5) is 5.69 Å². The second-order valence-electron chi connectivity index (χ2n) is 17.3. The summed E-state index contributed by atoms with van der Waals surface area (Å²) in [5.74, 6) is 0.155. The first kappa shape index (κ1) is 52.5. The molecular formula is C58H71NO9. The summed E-state index contributed by atoms with van der Waals surface area (Å²) in [6, 6.07) is 32.5. The molecule has 362 valence electrons. The molecule has 0 saturated heterocycles. The highest BCUT2D eigenvalue weighted by molar-refractivity contribution is 6.06. The predicted molar refractivity (Wildman–Crippen MR) is 270 cm³/mol. The van der Waals surface area contributed by atoms with Crippen LogP contribution in [0.25, 0.3) is 0 Å². The van der Waals surface area contributed by atoms with Crippen molar-refractivity contribution in [2.75, 3.05) is 18.5 Å². The van der Waals surface area contributed by atoms with E-state index in [9.17, 15) is 19.2 Å². The maximum Gasteiger partial charge on any atom is 0.343 e. The van der Waals surface area contributed by atoms with Crippen LogP contribution in [0.1, 0.15) is 184 Å². The highest BCUT2D eigenvalue weighted by Crippen LogP contribution is 2.23. The molecule has 0 bridgehead atoms. The van der Waals surface area contributed by atoms with Gasteiger partial charge in [-0.15, -0.1) is 0 Å². The lowest BCUT2D eigenvalue weighted by atomic mass is 10.1. The van der Waals surface area contributed by atoms with E-state index in [1.54, 1.807) is 91.0 Å². The van der Waals surface area contributed by atoms with Gasteiger partial charge in [-0.1, -0.05) is 135 Å². The molecule has 0 aromatic heterocycles.